The van der Waals surface area contributed by atoms with Crippen molar-refractivity contribution in [1.29, 1.82) is 0 Å². The van der Waals surface area contributed by atoms with Gasteiger partial charge in [-0.2, -0.15) is 0 Å². The maximum absolute atomic E-state index is 5.92. The second-order valence-electron chi connectivity index (χ2n) is 5.30. The Balaban J connectivity index is 1.91. The Morgan fingerprint density at radius 3 is 2.79 bits per heavy atom. The Morgan fingerprint density at radius 1 is 1.37 bits per heavy atom. The third-order valence-corrected chi connectivity index (χ3v) is 4.00. The quantitative estimate of drug-likeness (QED) is 0.757. The molecular formula is C16H26N2O. The van der Waals surface area contributed by atoms with Crippen molar-refractivity contribution in [2.75, 3.05) is 19.7 Å². The van der Waals surface area contributed by atoms with Crippen LogP contribution in [-0.2, 0) is 0 Å². The van der Waals surface area contributed by atoms with E-state index in [2.05, 4.69) is 11.4 Å². The van der Waals surface area contributed by atoms with Crippen LogP contribution < -0.4 is 15.8 Å². The second-order valence-corrected chi connectivity index (χ2v) is 5.30. The van der Waals surface area contributed by atoms with Gasteiger partial charge in [0.2, 0.25) is 0 Å². The summed E-state index contributed by atoms with van der Waals surface area (Å²) >= 11 is 0. The van der Waals surface area contributed by atoms with Gasteiger partial charge in [0.05, 0.1) is 6.61 Å². The molecule has 3 heteroatoms. The van der Waals surface area contributed by atoms with E-state index in [1.807, 2.05) is 25.1 Å². The van der Waals surface area contributed by atoms with Gasteiger partial charge in [-0.25, -0.2) is 0 Å². The average Bonchev–Trinajstić information content (AvgIpc) is 2.38. The Kier molecular flexibility index (Phi) is 5.67. The van der Waals surface area contributed by atoms with E-state index >= 15 is 0 Å². The van der Waals surface area contributed by atoms with Gasteiger partial charge < -0.3 is 15.8 Å². The standard InChI is InChI=1S/C16H26N2O/c1-2-19-16-9-4-3-8-14(16)15(12-17)18-11-10-13-6-5-7-13/h3-4,8-9,13,15,18H,2,5-7,10-12,17H2,1H3. The minimum Gasteiger partial charge on any atom is -0.494 e. The molecule has 1 aliphatic carbocycles. The molecule has 2 rings (SSSR count). The molecule has 3 nitrogen and oxygen atoms in total. The van der Waals surface area contributed by atoms with E-state index in [9.17, 15) is 0 Å². The summed E-state index contributed by atoms with van der Waals surface area (Å²) in [5.41, 5.74) is 7.10. The van der Waals surface area contributed by atoms with Crippen LogP contribution in [0.5, 0.6) is 5.75 Å². The first-order valence-electron chi connectivity index (χ1n) is 7.50. The van der Waals surface area contributed by atoms with Crippen LogP contribution in [0.4, 0.5) is 0 Å². The lowest BCUT2D eigenvalue weighted by molar-refractivity contribution is 0.286. The van der Waals surface area contributed by atoms with E-state index < -0.39 is 0 Å². The molecule has 1 saturated carbocycles. The Hall–Kier alpha value is -1.06. The third-order valence-electron chi connectivity index (χ3n) is 4.00. The third kappa shape index (κ3) is 3.95. The van der Waals surface area contributed by atoms with Crippen molar-refractivity contribution in [2.45, 2.75) is 38.6 Å². The number of nitrogens with two attached hydrogens (primary N) is 1. The van der Waals surface area contributed by atoms with E-state index in [4.69, 9.17) is 10.5 Å². The first-order chi connectivity index (χ1) is 9.35. The molecule has 19 heavy (non-hydrogen) atoms. The molecule has 1 unspecified atom stereocenters. The fourth-order valence-electron chi connectivity index (χ4n) is 2.62. The number of rotatable bonds is 8. The van der Waals surface area contributed by atoms with Crippen LogP contribution in [0.25, 0.3) is 0 Å². The van der Waals surface area contributed by atoms with Crippen LogP contribution in [0.1, 0.15) is 44.2 Å². The fourth-order valence-corrected chi connectivity index (χ4v) is 2.62. The summed E-state index contributed by atoms with van der Waals surface area (Å²) in [5.74, 6) is 1.89. The number of ether oxygens (including phenoxy) is 1. The van der Waals surface area contributed by atoms with E-state index in [1.165, 1.54) is 31.2 Å². The first-order valence-corrected chi connectivity index (χ1v) is 7.50. The normalized spacial score (nSPS) is 16.9. The van der Waals surface area contributed by atoms with Crippen LogP contribution in [0.3, 0.4) is 0 Å². The van der Waals surface area contributed by atoms with Gasteiger partial charge in [0.25, 0.3) is 0 Å². The van der Waals surface area contributed by atoms with Gasteiger partial charge in [-0.05, 0) is 31.9 Å². The molecule has 106 valence electrons. The highest BCUT2D eigenvalue weighted by molar-refractivity contribution is 5.36. The van der Waals surface area contributed by atoms with Crippen molar-refractivity contribution >= 4 is 0 Å². The van der Waals surface area contributed by atoms with E-state index in [0.717, 1.165) is 18.2 Å². The summed E-state index contributed by atoms with van der Waals surface area (Å²) in [6.07, 6.45) is 5.50. The summed E-state index contributed by atoms with van der Waals surface area (Å²) in [6, 6.07) is 8.39. The average molecular weight is 262 g/mol. The lowest BCUT2D eigenvalue weighted by Gasteiger charge is -2.27. The van der Waals surface area contributed by atoms with Crippen molar-refractivity contribution in [3.63, 3.8) is 0 Å². The zero-order valence-corrected chi connectivity index (χ0v) is 11.9. The minimum atomic E-state index is 0.197. The maximum Gasteiger partial charge on any atom is 0.124 e. The van der Waals surface area contributed by atoms with Gasteiger partial charge in [0.15, 0.2) is 0 Å². The maximum atomic E-state index is 5.92. The fraction of sp³-hybridized carbons (Fsp3) is 0.625. The predicted molar refractivity (Wildman–Crippen MR) is 79.4 cm³/mol. The van der Waals surface area contributed by atoms with Crippen molar-refractivity contribution in [3.8, 4) is 5.75 Å². The topological polar surface area (TPSA) is 47.3 Å². The van der Waals surface area contributed by atoms with Gasteiger partial charge in [0, 0.05) is 18.2 Å². The first kappa shape index (κ1) is 14.4. The van der Waals surface area contributed by atoms with Crippen molar-refractivity contribution in [1.82, 2.24) is 5.32 Å². The van der Waals surface area contributed by atoms with Gasteiger partial charge in [0.1, 0.15) is 5.75 Å². The highest BCUT2D eigenvalue weighted by Crippen LogP contribution is 2.29. The summed E-state index contributed by atoms with van der Waals surface area (Å²) in [5, 5.41) is 3.58. The van der Waals surface area contributed by atoms with Crippen molar-refractivity contribution < 1.29 is 4.74 Å². The smallest absolute Gasteiger partial charge is 0.124 e. The van der Waals surface area contributed by atoms with Gasteiger partial charge in [-0.3, -0.25) is 0 Å². The van der Waals surface area contributed by atoms with Crippen molar-refractivity contribution in [3.05, 3.63) is 29.8 Å². The van der Waals surface area contributed by atoms with Crippen LogP contribution in [0.15, 0.2) is 24.3 Å². The monoisotopic (exact) mass is 262 g/mol. The second kappa shape index (κ2) is 7.51. The molecule has 0 heterocycles. The Morgan fingerprint density at radius 2 is 2.16 bits per heavy atom. The summed E-state index contributed by atoms with van der Waals surface area (Å²) in [6.45, 7) is 4.36. The van der Waals surface area contributed by atoms with Crippen molar-refractivity contribution in [2.24, 2.45) is 11.7 Å². The molecular weight excluding hydrogens is 236 g/mol. The molecule has 0 aromatic heterocycles. The molecule has 3 N–H and O–H groups in total. The molecule has 1 aromatic carbocycles. The summed E-state index contributed by atoms with van der Waals surface area (Å²) in [7, 11) is 0. The molecule has 0 aliphatic heterocycles. The predicted octanol–water partition coefficient (Wildman–Crippen LogP) is 2.86. The lowest BCUT2D eigenvalue weighted by atomic mass is 9.83. The van der Waals surface area contributed by atoms with Gasteiger partial charge in [-0.1, -0.05) is 37.5 Å². The zero-order chi connectivity index (χ0) is 13.5. The molecule has 0 amide bonds. The number of hydrogen-bond donors (Lipinski definition) is 2. The van der Waals surface area contributed by atoms with Gasteiger partial charge >= 0.3 is 0 Å². The number of para-hydroxylation sites is 1. The minimum absolute atomic E-state index is 0.197. The number of benzene rings is 1. The van der Waals surface area contributed by atoms with E-state index in [1.54, 1.807) is 0 Å². The molecule has 1 aliphatic rings. The van der Waals surface area contributed by atoms with Crippen LogP contribution in [0, 0.1) is 5.92 Å². The number of nitrogens with one attached hydrogen (secondary N) is 1. The molecule has 1 fully saturated rings. The van der Waals surface area contributed by atoms with Crippen LogP contribution in [0.2, 0.25) is 0 Å². The molecule has 1 aromatic rings. The van der Waals surface area contributed by atoms with Crippen LogP contribution in [-0.4, -0.2) is 19.7 Å². The largest absolute Gasteiger partial charge is 0.494 e. The summed E-state index contributed by atoms with van der Waals surface area (Å²) in [4.78, 5) is 0. The van der Waals surface area contributed by atoms with Crippen LogP contribution >= 0.6 is 0 Å². The molecule has 0 bridgehead atoms. The summed E-state index contributed by atoms with van der Waals surface area (Å²) < 4.78 is 5.68. The zero-order valence-electron chi connectivity index (χ0n) is 11.9. The Labute approximate surface area is 116 Å². The van der Waals surface area contributed by atoms with E-state index in [0.29, 0.717) is 13.2 Å². The molecule has 1 atom stereocenters. The Bertz CT molecular complexity index is 377. The van der Waals surface area contributed by atoms with E-state index in [-0.39, 0.29) is 6.04 Å². The number of hydrogen-bond acceptors (Lipinski definition) is 3. The molecule has 0 saturated heterocycles. The highest BCUT2D eigenvalue weighted by atomic mass is 16.5. The lowest BCUT2D eigenvalue weighted by Crippen LogP contribution is -2.31. The molecule has 0 spiro atoms. The highest BCUT2D eigenvalue weighted by Gasteiger charge is 2.18. The molecule has 0 radical (unpaired) electrons. The SMILES string of the molecule is CCOc1ccccc1C(CN)NCCC1CCC1. The van der Waals surface area contributed by atoms with Gasteiger partial charge in [-0.15, -0.1) is 0 Å².